The number of nitrogen functional groups attached to an aromatic ring is 1. The molecule has 2 N–H and O–H groups in total. The second-order valence-electron chi connectivity index (χ2n) is 3.55. The van der Waals surface area contributed by atoms with Crippen molar-refractivity contribution in [3.63, 3.8) is 0 Å². The van der Waals surface area contributed by atoms with Gasteiger partial charge in [0.05, 0.1) is 17.2 Å². The Balaban J connectivity index is 2.61. The molecule has 0 atom stereocenters. The van der Waals surface area contributed by atoms with Crippen molar-refractivity contribution in [3.05, 3.63) is 46.4 Å². The van der Waals surface area contributed by atoms with Crippen LogP contribution in [0, 0.1) is 0 Å². The van der Waals surface area contributed by atoms with Crippen LogP contribution in [0.1, 0.15) is 0 Å². The van der Waals surface area contributed by atoms with Gasteiger partial charge in [-0.2, -0.15) is 0 Å². The molecule has 0 spiro atoms. The number of nitrogens with two attached hydrogens (primary N) is 1. The molecule has 88 valence electrons. The van der Waals surface area contributed by atoms with Gasteiger partial charge in [0.1, 0.15) is 5.75 Å². The van der Waals surface area contributed by atoms with E-state index in [1.165, 1.54) is 0 Å². The number of rotatable bonds is 2. The fourth-order valence-electron chi connectivity index (χ4n) is 1.63. The Morgan fingerprint density at radius 1 is 1.00 bits per heavy atom. The lowest BCUT2D eigenvalue weighted by Crippen LogP contribution is -1.91. The number of hydrogen-bond acceptors (Lipinski definition) is 2. The number of para-hydroxylation sites is 1. The maximum absolute atomic E-state index is 6.19. The normalized spacial score (nSPS) is 10.3. The van der Waals surface area contributed by atoms with Gasteiger partial charge in [-0.25, -0.2) is 0 Å². The van der Waals surface area contributed by atoms with Gasteiger partial charge in [0.25, 0.3) is 0 Å². The van der Waals surface area contributed by atoms with Gasteiger partial charge in [0.15, 0.2) is 0 Å². The number of halogens is 2. The van der Waals surface area contributed by atoms with Crippen LogP contribution in [-0.2, 0) is 0 Å². The maximum Gasteiger partial charge on any atom is 0.138 e. The summed E-state index contributed by atoms with van der Waals surface area (Å²) < 4.78 is 5.10. The number of benzene rings is 2. The number of methoxy groups -OCH3 is 1. The smallest absolute Gasteiger partial charge is 0.138 e. The number of anilines is 1. The molecular formula is C13H11Cl2NO. The van der Waals surface area contributed by atoms with E-state index in [4.69, 9.17) is 33.7 Å². The van der Waals surface area contributed by atoms with E-state index in [1.807, 2.05) is 24.3 Å². The molecule has 0 saturated heterocycles. The summed E-state index contributed by atoms with van der Waals surface area (Å²) in [5, 5.41) is 1.07. The lowest BCUT2D eigenvalue weighted by Gasteiger charge is -2.10. The Hall–Kier alpha value is -1.38. The Morgan fingerprint density at radius 3 is 2.35 bits per heavy atom. The van der Waals surface area contributed by atoms with Crippen LogP contribution in [0.15, 0.2) is 36.4 Å². The lowest BCUT2D eigenvalue weighted by molar-refractivity contribution is 0.415. The molecular weight excluding hydrogens is 257 g/mol. The first-order chi connectivity index (χ1) is 8.13. The third-order valence-electron chi connectivity index (χ3n) is 2.49. The molecule has 0 amide bonds. The largest absolute Gasteiger partial charge is 0.495 e. The van der Waals surface area contributed by atoms with Crippen LogP contribution in [0.5, 0.6) is 5.75 Å². The van der Waals surface area contributed by atoms with Crippen molar-refractivity contribution in [1.82, 2.24) is 0 Å². The van der Waals surface area contributed by atoms with E-state index in [0.29, 0.717) is 21.5 Å². The number of hydrogen-bond donors (Lipinski definition) is 1. The van der Waals surface area contributed by atoms with Crippen LogP contribution in [0.25, 0.3) is 11.1 Å². The van der Waals surface area contributed by atoms with Crippen LogP contribution in [-0.4, -0.2) is 7.11 Å². The van der Waals surface area contributed by atoms with Crippen LogP contribution in [0.4, 0.5) is 5.69 Å². The van der Waals surface area contributed by atoms with Gasteiger partial charge in [0.2, 0.25) is 0 Å². The fourth-order valence-corrected chi connectivity index (χ4v) is 2.13. The molecule has 0 aliphatic carbocycles. The van der Waals surface area contributed by atoms with E-state index >= 15 is 0 Å². The minimum atomic E-state index is 0.509. The van der Waals surface area contributed by atoms with Gasteiger partial charge in [-0.3, -0.25) is 0 Å². The van der Waals surface area contributed by atoms with Crippen molar-refractivity contribution in [2.24, 2.45) is 0 Å². The van der Waals surface area contributed by atoms with Crippen LogP contribution in [0.2, 0.25) is 10.0 Å². The monoisotopic (exact) mass is 267 g/mol. The van der Waals surface area contributed by atoms with E-state index < -0.39 is 0 Å². The zero-order chi connectivity index (χ0) is 12.4. The van der Waals surface area contributed by atoms with E-state index in [1.54, 1.807) is 19.2 Å². The highest BCUT2D eigenvalue weighted by molar-refractivity contribution is 6.36. The summed E-state index contributed by atoms with van der Waals surface area (Å²) in [6.07, 6.45) is 0. The Morgan fingerprint density at radius 2 is 1.71 bits per heavy atom. The van der Waals surface area contributed by atoms with Crippen molar-refractivity contribution >= 4 is 28.9 Å². The average molecular weight is 268 g/mol. The summed E-state index contributed by atoms with van der Waals surface area (Å²) in [6, 6.07) is 10.9. The standard InChI is InChI=1S/C13H11Cl2NO/c1-17-13-7-10(14)9(6-11(13)15)8-4-2-3-5-12(8)16/h2-7H,16H2,1H3. The highest BCUT2D eigenvalue weighted by Gasteiger charge is 2.11. The zero-order valence-corrected chi connectivity index (χ0v) is 10.7. The minimum absolute atomic E-state index is 0.509. The van der Waals surface area contributed by atoms with Gasteiger partial charge in [-0.05, 0) is 12.1 Å². The Kier molecular flexibility index (Phi) is 3.46. The van der Waals surface area contributed by atoms with Crippen LogP contribution in [0.3, 0.4) is 0 Å². The summed E-state index contributed by atoms with van der Waals surface area (Å²) in [5.41, 5.74) is 8.24. The summed E-state index contributed by atoms with van der Waals surface area (Å²) in [4.78, 5) is 0. The fraction of sp³-hybridized carbons (Fsp3) is 0.0769. The molecule has 0 unspecified atom stereocenters. The van der Waals surface area contributed by atoms with E-state index in [2.05, 4.69) is 0 Å². The molecule has 2 aromatic carbocycles. The average Bonchev–Trinajstić information content (AvgIpc) is 2.32. The molecule has 0 bridgehead atoms. The van der Waals surface area contributed by atoms with Crippen LogP contribution >= 0.6 is 23.2 Å². The molecule has 4 heteroatoms. The van der Waals surface area contributed by atoms with Crippen LogP contribution < -0.4 is 10.5 Å². The third kappa shape index (κ3) is 2.33. The first kappa shape index (κ1) is 12.1. The quantitative estimate of drug-likeness (QED) is 0.826. The van der Waals surface area contributed by atoms with Gasteiger partial charge in [-0.15, -0.1) is 0 Å². The van der Waals surface area contributed by atoms with Gasteiger partial charge >= 0.3 is 0 Å². The van der Waals surface area contributed by atoms with Crippen molar-refractivity contribution in [1.29, 1.82) is 0 Å². The molecule has 0 aliphatic rings. The summed E-state index contributed by atoms with van der Waals surface area (Å²) in [6.45, 7) is 0. The Bertz CT molecular complexity index is 555. The molecule has 0 heterocycles. The van der Waals surface area contributed by atoms with Crippen molar-refractivity contribution in [2.45, 2.75) is 0 Å². The molecule has 2 nitrogen and oxygen atoms in total. The molecule has 0 fully saturated rings. The highest BCUT2D eigenvalue weighted by Crippen LogP contribution is 2.38. The molecule has 0 radical (unpaired) electrons. The maximum atomic E-state index is 6.19. The first-order valence-corrected chi connectivity index (χ1v) is 5.77. The minimum Gasteiger partial charge on any atom is -0.495 e. The summed E-state index contributed by atoms with van der Waals surface area (Å²) in [7, 11) is 1.55. The molecule has 0 aromatic heterocycles. The lowest BCUT2D eigenvalue weighted by atomic mass is 10.0. The SMILES string of the molecule is COc1cc(Cl)c(-c2ccccc2N)cc1Cl. The van der Waals surface area contributed by atoms with E-state index in [9.17, 15) is 0 Å². The first-order valence-electron chi connectivity index (χ1n) is 5.01. The number of ether oxygens (including phenoxy) is 1. The second kappa shape index (κ2) is 4.86. The molecule has 0 saturated carbocycles. The van der Waals surface area contributed by atoms with Gasteiger partial charge in [0, 0.05) is 22.9 Å². The zero-order valence-electron chi connectivity index (χ0n) is 9.21. The predicted molar refractivity (Wildman–Crippen MR) is 72.9 cm³/mol. The van der Waals surface area contributed by atoms with Crippen molar-refractivity contribution in [2.75, 3.05) is 12.8 Å². The van der Waals surface area contributed by atoms with Gasteiger partial charge < -0.3 is 10.5 Å². The summed E-state index contributed by atoms with van der Waals surface area (Å²) >= 11 is 12.3. The van der Waals surface area contributed by atoms with E-state index in [0.717, 1.165) is 11.1 Å². The Labute approximate surface area is 110 Å². The summed E-state index contributed by atoms with van der Waals surface area (Å²) in [5.74, 6) is 0.551. The molecule has 0 aliphatic heterocycles. The van der Waals surface area contributed by atoms with Gasteiger partial charge in [-0.1, -0.05) is 41.4 Å². The topological polar surface area (TPSA) is 35.2 Å². The highest BCUT2D eigenvalue weighted by atomic mass is 35.5. The van der Waals surface area contributed by atoms with E-state index in [-0.39, 0.29) is 0 Å². The predicted octanol–water partition coefficient (Wildman–Crippen LogP) is 4.25. The molecule has 17 heavy (non-hydrogen) atoms. The van der Waals surface area contributed by atoms with Crippen molar-refractivity contribution in [3.8, 4) is 16.9 Å². The van der Waals surface area contributed by atoms with Crippen molar-refractivity contribution < 1.29 is 4.74 Å². The molecule has 2 aromatic rings. The second-order valence-corrected chi connectivity index (χ2v) is 4.37. The third-order valence-corrected chi connectivity index (χ3v) is 3.10. The molecule has 2 rings (SSSR count).